The molecule has 1 atom stereocenters. The SMILES string of the molecule is CCOc1ccc(NC2N=C(N)N=C(N3CCOCC3)N2c2cccc(C)c2)cc1. The number of nitrogens with one attached hydrogen (secondary N) is 1. The predicted molar refractivity (Wildman–Crippen MR) is 120 cm³/mol. The van der Waals surface area contributed by atoms with Crippen LogP contribution >= 0.6 is 0 Å². The fourth-order valence-electron chi connectivity index (χ4n) is 3.56. The summed E-state index contributed by atoms with van der Waals surface area (Å²) < 4.78 is 11.1. The molecule has 4 rings (SSSR count). The molecule has 30 heavy (non-hydrogen) atoms. The Morgan fingerprint density at radius 2 is 1.93 bits per heavy atom. The topological polar surface area (TPSA) is 87.7 Å². The number of nitrogens with two attached hydrogens (primary N) is 1. The minimum atomic E-state index is -0.430. The number of aryl methyl sites for hydroxylation is 1. The van der Waals surface area contributed by atoms with Gasteiger partial charge >= 0.3 is 0 Å². The van der Waals surface area contributed by atoms with Crippen LogP contribution in [0.4, 0.5) is 11.4 Å². The molecule has 0 aromatic heterocycles. The third-order valence-electron chi connectivity index (χ3n) is 4.96. The lowest BCUT2D eigenvalue weighted by molar-refractivity contribution is 0.0671. The third kappa shape index (κ3) is 4.49. The molecule has 8 heteroatoms. The van der Waals surface area contributed by atoms with Gasteiger partial charge in [0.25, 0.3) is 0 Å². The summed E-state index contributed by atoms with van der Waals surface area (Å²) in [4.78, 5) is 13.5. The Kier molecular flexibility index (Phi) is 6.04. The monoisotopic (exact) mass is 408 g/mol. The van der Waals surface area contributed by atoms with Gasteiger partial charge in [-0.05, 0) is 55.8 Å². The van der Waals surface area contributed by atoms with Gasteiger partial charge in [-0.15, -0.1) is 0 Å². The zero-order chi connectivity index (χ0) is 20.9. The van der Waals surface area contributed by atoms with Crippen molar-refractivity contribution in [3.8, 4) is 5.75 Å². The quantitative estimate of drug-likeness (QED) is 0.791. The van der Waals surface area contributed by atoms with Gasteiger partial charge in [0.2, 0.25) is 18.2 Å². The summed E-state index contributed by atoms with van der Waals surface area (Å²) in [6.07, 6.45) is -0.430. The molecule has 0 saturated carbocycles. The summed E-state index contributed by atoms with van der Waals surface area (Å²) in [6.45, 7) is 7.51. The maximum Gasteiger partial charge on any atom is 0.222 e. The molecule has 2 aliphatic heterocycles. The van der Waals surface area contributed by atoms with Crippen LogP contribution in [0.5, 0.6) is 5.75 Å². The van der Waals surface area contributed by atoms with Crippen LogP contribution in [0.25, 0.3) is 0 Å². The zero-order valence-corrected chi connectivity index (χ0v) is 17.4. The number of hydrogen-bond donors (Lipinski definition) is 2. The molecule has 0 aliphatic carbocycles. The van der Waals surface area contributed by atoms with Crippen molar-refractivity contribution in [3.63, 3.8) is 0 Å². The highest BCUT2D eigenvalue weighted by atomic mass is 16.5. The lowest BCUT2D eigenvalue weighted by Crippen LogP contribution is -2.57. The van der Waals surface area contributed by atoms with Crippen molar-refractivity contribution >= 4 is 23.3 Å². The summed E-state index contributed by atoms with van der Waals surface area (Å²) in [5, 5.41) is 3.48. The maximum absolute atomic E-state index is 6.13. The standard InChI is InChI=1S/C22H28N6O2/c1-3-30-19-9-7-17(8-10-19)24-21-25-20(23)26-22(27-11-13-29-14-12-27)28(21)18-6-4-5-16(2)15-18/h4-10,15,21,24H,3,11-14H2,1-2H3,(H2,23,25). The molecule has 0 bridgehead atoms. The van der Waals surface area contributed by atoms with Crippen LogP contribution in [0.3, 0.4) is 0 Å². The smallest absolute Gasteiger partial charge is 0.222 e. The number of guanidine groups is 2. The van der Waals surface area contributed by atoms with Gasteiger partial charge in [-0.25, -0.2) is 4.99 Å². The number of morpholine rings is 1. The van der Waals surface area contributed by atoms with Crippen LogP contribution in [0.15, 0.2) is 58.5 Å². The molecule has 0 spiro atoms. The van der Waals surface area contributed by atoms with E-state index in [9.17, 15) is 0 Å². The molecule has 2 aliphatic rings. The van der Waals surface area contributed by atoms with Gasteiger partial charge in [0.1, 0.15) is 5.75 Å². The Hall–Kier alpha value is -3.26. The zero-order valence-electron chi connectivity index (χ0n) is 17.4. The maximum atomic E-state index is 6.13. The van der Waals surface area contributed by atoms with E-state index in [2.05, 4.69) is 50.2 Å². The Bertz CT molecular complexity index is 921. The van der Waals surface area contributed by atoms with Crippen molar-refractivity contribution in [2.75, 3.05) is 43.1 Å². The van der Waals surface area contributed by atoms with E-state index < -0.39 is 6.29 Å². The van der Waals surface area contributed by atoms with Crippen molar-refractivity contribution < 1.29 is 9.47 Å². The Morgan fingerprint density at radius 1 is 1.17 bits per heavy atom. The molecule has 8 nitrogen and oxygen atoms in total. The second-order valence-corrected chi connectivity index (χ2v) is 7.18. The molecule has 1 fully saturated rings. The van der Waals surface area contributed by atoms with Gasteiger partial charge < -0.3 is 25.4 Å². The highest BCUT2D eigenvalue weighted by molar-refractivity contribution is 6.06. The summed E-state index contributed by atoms with van der Waals surface area (Å²) in [6, 6.07) is 16.1. The van der Waals surface area contributed by atoms with Crippen LogP contribution in [-0.4, -0.2) is 56.0 Å². The first-order valence-electron chi connectivity index (χ1n) is 10.2. The molecule has 2 aromatic carbocycles. The van der Waals surface area contributed by atoms with Crippen LogP contribution < -0.4 is 20.7 Å². The summed E-state index contributed by atoms with van der Waals surface area (Å²) in [5.74, 6) is 1.87. The van der Waals surface area contributed by atoms with Crippen LogP contribution in [0, 0.1) is 6.92 Å². The average Bonchev–Trinajstić information content (AvgIpc) is 2.75. The molecule has 0 amide bonds. The van der Waals surface area contributed by atoms with E-state index in [0.29, 0.717) is 19.8 Å². The van der Waals surface area contributed by atoms with Crippen molar-refractivity contribution in [1.82, 2.24) is 4.90 Å². The molecule has 2 heterocycles. The minimum Gasteiger partial charge on any atom is -0.494 e. The van der Waals surface area contributed by atoms with Gasteiger partial charge in [0, 0.05) is 24.5 Å². The predicted octanol–water partition coefficient (Wildman–Crippen LogP) is 2.61. The number of ether oxygens (including phenoxy) is 2. The number of nitrogens with zero attached hydrogens (tertiary/aromatic N) is 4. The molecule has 1 unspecified atom stereocenters. The number of anilines is 2. The Labute approximate surface area is 177 Å². The van der Waals surface area contributed by atoms with Crippen molar-refractivity contribution in [2.24, 2.45) is 15.7 Å². The number of rotatable bonds is 5. The van der Waals surface area contributed by atoms with Gasteiger partial charge in [0.05, 0.1) is 19.8 Å². The summed E-state index contributed by atoms with van der Waals surface area (Å²) in [5.41, 5.74) is 9.21. The van der Waals surface area contributed by atoms with E-state index in [1.807, 2.05) is 37.3 Å². The largest absolute Gasteiger partial charge is 0.494 e. The number of benzene rings is 2. The van der Waals surface area contributed by atoms with E-state index in [0.717, 1.165) is 41.7 Å². The van der Waals surface area contributed by atoms with E-state index in [-0.39, 0.29) is 5.96 Å². The first kappa shape index (κ1) is 20.0. The Morgan fingerprint density at radius 3 is 2.63 bits per heavy atom. The van der Waals surface area contributed by atoms with Crippen LogP contribution in [0.2, 0.25) is 0 Å². The Balaban J connectivity index is 1.67. The number of aliphatic imine (C=N–C) groups is 2. The second-order valence-electron chi connectivity index (χ2n) is 7.18. The van der Waals surface area contributed by atoms with E-state index in [1.165, 1.54) is 0 Å². The van der Waals surface area contributed by atoms with Gasteiger partial charge in [-0.2, -0.15) is 4.99 Å². The molecular weight excluding hydrogens is 380 g/mol. The van der Waals surface area contributed by atoms with E-state index >= 15 is 0 Å². The summed E-state index contributed by atoms with van der Waals surface area (Å²) in [7, 11) is 0. The van der Waals surface area contributed by atoms with E-state index in [4.69, 9.17) is 15.2 Å². The second kappa shape index (κ2) is 9.04. The molecule has 2 aromatic rings. The fraction of sp³-hybridized carbons (Fsp3) is 0.364. The fourth-order valence-corrected chi connectivity index (χ4v) is 3.56. The first-order chi connectivity index (χ1) is 14.6. The van der Waals surface area contributed by atoms with Gasteiger partial charge in [-0.1, -0.05) is 12.1 Å². The van der Waals surface area contributed by atoms with E-state index in [1.54, 1.807) is 0 Å². The van der Waals surface area contributed by atoms with Crippen molar-refractivity contribution in [1.29, 1.82) is 0 Å². The molecule has 1 saturated heterocycles. The third-order valence-corrected chi connectivity index (χ3v) is 4.96. The van der Waals surface area contributed by atoms with Crippen LogP contribution in [-0.2, 0) is 4.74 Å². The molecule has 158 valence electrons. The highest BCUT2D eigenvalue weighted by Crippen LogP contribution is 2.26. The van der Waals surface area contributed by atoms with Crippen LogP contribution in [0.1, 0.15) is 12.5 Å². The summed E-state index contributed by atoms with van der Waals surface area (Å²) >= 11 is 0. The molecule has 0 radical (unpaired) electrons. The first-order valence-corrected chi connectivity index (χ1v) is 10.2. The highest BCUT2D eigenvalue weighted by Gasteiger charge is 2.32. The molecular formula is C22H28N6O2. The lowest BCUT2D eigenvalue weighted by Gasteiger charge is -2.41. The van der Waals surface area contributed by atoms with Gasteiger partial charge in [0.15, 0.2) is 0 Å². The van der Waals surface area contributed by atoms with Crippen molar-refractivity contribution in [2.45, 2.75) is 20.1 Å². The lowest BCUT2D eigenvalue weighted by atomic mass is 10.2. The van der Waals surface area contributed by atoms with Crippen molar-refractivity contribution in [3.05, 3.63) is 54.1 Å². The number of hydrogen-bond acceptors (Lipinski definition) is 8. The molecule has 3 N–H and O–H groups in total. The minimum absolute atomic E-state index is 0.254. The van der Waals surface area contributed by atoms with Gasteiger partial charge in [-0.3, -0.25) is 4.90 Å². The average molecular weight is 409 g/mol. The normalized spacial score (nSPS) is 19.2.